The number of amides is 3. The second kappa shape index (κ2) is 14.3. The molecule has 0 aliphatic carbocycles. The molecule has 0 aromatic heterocycles. The predicted molar refractivity (Wildman–Crippen MR) is 153 cm³/mol. The first-order chi connectivity index (χ1) is 19.2. The number of methoxy groups -OCH3 is 2. The van der Waals surface area contributed by atoms with Gasteiger partial charge in [0.2, 0.25) is 0 Å². The van der Waals surface area contributed by atoms with Crippen molar-refractivity contribution in [2.75, 3.05) is 32.7 Å². The molecule has 0 spiro atoms. The normalized spacial score (nSPS) is 10.6. The molecule has 0 atom stereocenters. The highest BCUT2D eigenvalue weighted by molar-refractivity contribution is 6.35. The molecule has 3 rings (SSSR count). The van der Waals surface area contributed by atoms with Gasteiger partial charge in [0.05, 0.1) is 20.4 Å². The maximum atomic E-state index is 12.5. The second-order valence-corrected chi connectivity index (χ2v) is 9.04. The van der Waals surface area contributed by atoms with Gasteiger partial charge in [-0.15, -0.1) is 0 Å². The molecule has 0 radical (unpaired) electrons. The van der Waals surface area contributed by atoms with Crippen molar-refractivity contribution in [3.63, 3.8) is 0 Å². The minimum atomic E-state index is -0.912. The first-order valence-electron chi connectivity index (χ1n) is 12.6. The Hall–Kier alpha value is -4.86. The van der Waals surface area contributed by atoms with E-state index in [0.29, 0.717) is 29.2 Å². The highest BCUT2D eigenvalue weighted by Gasteiger charge is 2.13. The van der Waals surface area contributed by atoms with Crippen molar-refractivity contribution >= 4 is 29.6 Å². The van der Waals surface area contributed by atoms with Gasteiger partial charge in [0.15, 0.2) is 18.1 Å². The Morgan fingerprint density at radius 1 is 0.850 bits per heavy atom. The van der Waals surface area contributed by atoms with Crippen LogP contribution < -0.4 is 30.3 Å². The Bertz CT molecular complexity index is 1380. The van der Waals surface area contributed by atoms with Crippen LogP contribution in [0.3, 0.4) is 0 Å². The lowest BCUT2D eigenvalue weighted by atomic mass is 10.1. The van der Waals surface area contributed by atoms with Crippen molar-refractivity contribution in [1.29, 1.82) is 0 Å². The summed E-state index contributed by atoms with van der Waals surface area (Å²) in [5.41, 5.74) is 7.46. The summed E-state index contributed by atoms with van der Waals surface area (Å²) >= 11 is 0. The summed E-state index contributed by atoms with van der Waals surface area (Å²) in [6.07, 6.45) is 1.83. The number of ether oxygens (including phenoxy) is 3. The molecule has 0 unspecified atom stereocenters. The molecule has 0 fully saturated rings. The number of hydrogen-bond acceptors (Lipinski definition) is 7. The molecule has 10 heteroatoms. The lowest BCUT2D eigenvalue weighted by molar-refractivity contribution is -0.139. The van der Waals surface area contributed by atoms with Crippen molar-refractivity contribution in [3.8, 4) is 17.2 Å². The van der Waals surface area contributed by atoms with Gasteiger partial charge in [-0.1, -0.05) is 35.9 Å². The van der Waals surface area contributed by atoms with Gasteiger partial charge < -0.3 is 24.8 Å². The highest BCUT2D eigenvalue weighted by atomic mass is 16.5. The van der Waals surface area contributed by atoms with Gasteiger partial charge >= 0.3 is 11.8 Å². The molecule has 10 nitrogen and oxygen atoms in total. The molecule has 0 saturated carbocycles. The van der Waals surface area contributed by atoms with E-state index in [1.54, 1.807) is 44.6 Å². The maximum Gasteiger partial charge on any atom is 0.329 e. The smallest absolute Gasteiger partial charge is 0.329 e. The van der Waals surface area contributed by atoms with E-state index < -0.39 is 11.8 Å². The average molecular weight is 547 g/mol. The van der Waals surface area contributed by atoms with Gasteiger partial charge in [-0.05, 0) is 68.1 Å². The summed E-state index contributed by atoms with van der Waals surface area (Å²) in [4.78, 5) is 36.8. The van der Waals surface area contributed by atoms with Crippen LogP contribution in [0.2, 0.25) is 0 Å². The van der Waals surface area contributed by atoms with Crippen LogP contribution in [0.15, 0.2) is 59.7 Å². The zero-order valence-electron chi connectivity index (χ0n) is 23.3. The third-order valence-corrected chi connectivity index (χ3v) is 5.94. The van der Waals surface area contributed by atoms with Gasteiger partial charge in [-0.2, -0.15) is 5.10 Å². The number of nitrogens with one attached hydrogen (secondary N) is 3. The number of hydrazone groups is 1. The lowest BCUT2D eigenvalue weighted by Crippen LogP contribution is -2.38. The average Bonchev–Trinajstić information content (AvgIpc) is 2.94. The van der Waals surface area contributed by atoms with Crippen molar-refractivity contribution in [2.24, 2.45) is 5.10 Å². The van der Waals surface area contributed by atoms with Crippen LogP contribution in [0.25, 0.3) is 0 Å². The minimum Gasteiger partial charge on any atom is -0.493 e. The Morgan fingerprint density at radius 2 is 1.55 bits per heavy atom. The fraction of sp³-hybridized carbons (Fsp3) is 0.267. The second-order valence-electron chi connectivity index (χ2n) is 9.04. The predicted octanol–water partition coefficient (Wildman–Crippen LogP) is 3.46. The van der Waals surface area contributed by atoms with Crippen molar-refractivity contribution in [3.05, 3.63) is 82.4 Å². The number of carbonyl (C=O) groups is 3. The maximum absolute atomic E-state index is 12.5. The number of aryl methyl sites for hydroxylation is 3. The molecule has 3 amide bonds. The first kappa shape index (κ1) is 29.7. The van der Waals surface area contributed by atoms with Gasteiger partial charge in [-0.25, -0.2) is 5.43 Å². The SMILES string of the molecule is COc1ccc(CCNC(=O)C(=O)N/N=C\c2ccccc2OCC(=O)Nc2c(C)cc(C)cc2C)cc1OC. The van der Waals surface area contributed by atoms with Crippen LogP contribution in [0.4, 0.5) is 5.69 Å². The zero-order valence-corrected chi connectivity index (χ0v) is 23.3. The summed E-state index contributed by atoms with van der Waals surface area (Å²) in [5, 5.41) is 9.31. The summed E-state index contributed by atoms with van der Waals surface area (Å²) in [5.74, 6) is -0.451. The van der Waals surface area contributed by atoms with E-state index in [2.05, 4.69) is 21.2 Å². The van der Waals surface area contributed by atoms with Crippen molar-refractivity contribution in [1.82, 2.24) is 10.7 Å². The van der Waals surface area contributed by atoms with Crippen LogP contribution in [0, 0.1) is 20.8 Å². The quantitative estimate of drug-likeness (QED) is 0.192. The van der Waals surface area contributed by atoms with E-state index in [1.807, 2.05) is 45.0 Å². The monoisotopic (exact) mass is 546 g/mol. The Morgan fingerprint density at radius 3 is 2.25 bits per heavy atom. The fourth-order valence-corrected chi connectivity index (χ4v) is 4.06. The number of hydrogen-bond donors (Lipinski definition) is 3. The van der Waals surface area contributed by atoms with Crippen molar-refractivity contribution in [2.45, 2.75) is 27.2 Å². The van der Waals surface area contributed by atoms with Gasteiger partial charge in [-0.3, -0.25) is 14.4 Å². The largest absolute Gasteiger partial charge is 0.493 e. The zero-order chi connectivity index (χ0) is 29.1. The molecule has 0 aliphatic heterocycles. The number of benzene rings is 3. The highest BCUT2D eigenvalue weighted by Crippen LogP contribution is 2.27. The summed E-state index contributed by atoms with van der Waals surface area (Å²) in [6.45, 7) is 5.91. The third kappa shape index (κ3) is 8.32. The third-order valence-electron chi connectivity index (χ3n) is 5.94. The van der Waals surface area contributed by atoms with Crippen LogP contribution >= 0.6 is 0 Å². The Labute approximate surface area is 233 Å². The summed E-state index contributed by atoms with van der Waals surface area (Å²) in [7, 11) is 3.10. The Kier molecular flexibility index (Phi) is 10.6. The molecule has 3 aromatic carbocycles. The van der Waals surface area contributed by atoms with E-state index in [-0.39, 0.29) is 19.1 Å². The molecule has 0 heterocycles. The summed E-state index contributed by atoms with van der Waals surface area (Å²) < 4.78 is 16.2. The molecule has 210 valence electrons. The van der Waals surface area contributed by atoms with Crippen LogP contribution in [-0.4, -0.2) is 51.3 Å². The van der Waals surface area contributed by atoms with E-state index in [9.17, 15) is 14.4 Å². The van der Waals surface area contributed by atoms with E-state index in [1.165, 1.54) is 6.21 Å². The standard InChI is InChI=1S/C30H34N4O6/c1-19-14-20(2)28(21(3)15-19)33-27(35)18-40-24-9-7-6-8-23(24)17-32-34-30(37)29(36)31-13-12-22-10-11-25(38-4)26(16-22)39-5/h6-11,14-17H,12-13,18H2,1-5H3,(H,31,36)(H,33,35)(H,34,37)/b32-17-. The van der Waals surface area contributed by atoms with Crippen molar-refractivity contribution < 1.29 is 28.6 Å². The number of para-hydroxylation sites is 1. The minimum absolute atomic E-state index is 0.216. The number of nitrogens with zero attached hydrogens (tertiary/aromatic N) is 1. The van der Waals surface area contributed by atoms with Crippen LogP contribution in [0.1, 0.15) is 27.8 Å². The first-order valence-corrected chi connectivity index (χ1v) is 12.6. The van der Waals surface area contributed by atoms with Crippen LogP contribution in [-0.2, 0) is 20.8 Å². The molecule has 0 saturated heterocycles. The van der Waals surface area contributed by atoms with Gasteiger partial charge in [0.25, 0.3) is 5.91 Å². The van der Waals surface area contributed by atoms with Gasteiger partial charge in [0, 0.05) is 17.8 Å². The topological polar surface area (TPSA) is 127 Å². The lowest BCUT2D eigenvalue weighted by Gasteiger charge is -2.14. The van der Waals surface area contributed by atoms with E-state index in [4.69, 9.17) is 14.2 Å². The number of rotatable bonds is 11. The molecular formula is C30H34N4O6. The van der Waals surface area contributed by atoms with E-state index in [0.717, 1.165) is 27.9 Å². The van der Waals surface area contributed by atoms with Gasteiger partial charge in [0.1, 0.15) is 5.75 Å². The number of anilines is 1. The fourth-order valence-electron chi connectivity index (χ4n) is 4.06. The molecule has 3 aromatic rings. The number of carbonyl (C=O) groups excluding carboxylic acids is 3. The van der Waals surface area contributed by atoms with E-state index >= 15 is 0 Å². The molecular weight excluding hydrogens is 512 g/mol. The summed E-state index contributed by atoms with van der Waals surface area (Å²) in [6, 6.07) is 16.3. The molecule has 0 aliphatic rings. The molecule has 3 N–H and O–H groups in total. The molecule has 0 bridgehead atoms. The Balaban J connectivity index is 1.48. The molecule has 40 heavy (non-hydrogen) atoms. The van der Waals surface area contributed by atoms with Crippen LogP contribution in [0.5, 0.6) is 17.2 Å².